The van der Waals surface area contributed by atoms with E-state index in [1.54, 1.807) is 0 Å². The fraction of sp³-hybridized carbons (Fsp3) is 0.333. The Morgan fingerprint density at radius 2 is 1.05 bits per heavy atom. The first-order valence-electron chi connectivity index (χ1n) is 5.96. The third kappa shape index (κ3) is 3.05. The van der Waals surface area contributed by atoms with Gasteiger partial charge in [0.05, 0.1) is 13.2 Å². The van der Waals surface area contributed by atoms with Gasteiger partial charge in [-0.25, -0.2) is 9.80 Å². The Balaban J connectivity index is 1.79. The van der Waals surface area contributed by atoms with Gasteiger partial charge in [0.2, 0.25) is 0 Å². The first kappa shape index (κ1) is 15.0. The zero-order valence-electron chi connectivity index (χ0n) is 10.7. The average molecular weight is 296 g/mol. The number of ether oxygens (including phenoxy) is 1. The number of carbonyl (C=O) groups is 4. The van der Waals surface area contributed by atoms with Crippen molar-refractivity contribution in [1.82, 2.24) is 9.80 Å². The zero-order valence-corrected chi connectivity index (χ0v) is 10.7. The van der Waals surface area contributed by atoms with Gasteiger partial charge >= 0.3 is 0 Å². The van der Waals surface area contributed by atoms with Crippen LogP contribution in [0.2, 0.25) is 0 Å². The normalized spacial score (nSPS) is 20.9. The second-order valence-electron chi connectivity index (χ2n) is 4.26. The molecule has 21 heavy (non-hydrogen) atoms. The maximum absolute atomic E-state index is 11.3. The van der Waals surface area contributed by atoms with E-state index in [2.05, 4.69) is 0 Å². The van der Waals surface area contributed by atoms with E-state index in [0.717, 1.165) is 24.3 Å². The van der Waals surface area contributed by atoms with E-state index in [0.29, 0.717) is 9.80 Å². The molecule has 2 rings (SSSR count). The summed E-state index contributed by atoms with van der Waals surface area (Å²) in [5.41, 5.74) is 0. The number of carbonyl (C=O) groups excluding carboxylic acids is 4. The molecule has 2 aliphatic heterocycles. The van der Waals surface area contributed by atoms with Crippen molar-refractivity contribution >= 4 is 23.6 Å². The summed E-state index contributed by atoms with van der Waals surface area (Å²) in [6.07, 6.45) is 0.994. The average Bonchev–Trinajstić information content (AvgIpc) is 2.92. The molecule has 2 aliphatic rings. The molecular weight excluding hydrogens is 284 g/mol. The van der Waals surface area contributed by atoms with Crippen LogP contribution in [0, 0.1) is 0 Å². The first-order valence-corrected chi connectivity index (χ1v) is 5.96. The molecule has 2 atom stereocenters. The van der Waals surface area contributed by atoms with Gasteiger partial charge in [0.25, 0.3) is 23.6 Å². The second kappa shape index (κ2) is 5.95. The zero-order chi connectivity index (χ0) is 15.6. The van der Waals surface area contributed by atoms with Crippen LogP contribution in [-0.4, -0.2) is 69.3 Å². The van der Waals surface area contributed by atoms with E-state index in [4.69, 9.17) is 4.74 Å². The summed E-state index contributed by atoms with van der Waals surface area (Å²) in [7, 11) is 0. The second-order valence-corrected chi connectivity index (χ2v) is 4.26. The van der Waals surface area contributed by atoms with Crippen molar-refractivity contribution < 1.29 is 34.1 Å². The van der Waals surface area contributed by atoms with Gasteiger partial charge in [0, 0.05) is 24.3 Å². The third-order valence-corrected chi connectivity index (χ3v) is 2.82. The predicted molar refractivity (Wildman–Crippen MR) is 64.8 cm³/mol. The monoisotopic (exact) mass is 296 g/mol. The highest BCUT2D eigenvalue weighted by Gasteiger charge is 2.32. The van der Waals surface area contributed by atoms with Crippen molar-refractivity contribution in [3.05, 3.63) is 24.3 Å². The van der Waals surface area contributed by atoms with Crippen LogP contribution in [0.4, 0.5) is 0 Å². The van der Waals surface area contributed by atoms with Crippen LogP contribution in [0.5, 0.6) is 0 Å². The molecule has 9 nitrogen and oxygen atoms in total. The van der Waals surface area contributed by atoms with Crippen molar-refractivity contribution in [2.75, 3.05) is 13.2 Å². The van der Waals surface area contributed by atoms with Gasteiger partial charge < -0.3 is 14.9 Å². The quantitative estimate of drug-likeness (QED) is 0.519. The summed E-state index contributed by atoms with van der Waals surface area (Å²) in [6, 6.07) is 0. The summed E-state index contributed by atoms with van der Waals surface area (Å²) < 4.78 is 4.93. The van der Waals surface area contributed by atoms with Gasteiger partial charge in [-0.05, 0) is 0 Å². The summed E-state index contributed by atoms with van der Waals surface area (Å²) in [5, 5.41) is 19.3. The highest BCUT2D eigenvalue weighted by atomic mass is 16.5. The summed E-state index contributed by atoms with van der Waals surface area (Å²) in [4.78, 5) is 46.2. The fourth-order valence-electron chi connectivity index (χ4n) is 1.84. The number of hydrogen-bond acceptors (Lipinski definition) is 7. The lowest BCUT2D eigenvalue weighted by atomic mass is 10.4. The molecule has 0 aliphatic carbocycles. The van der Waals surface area contributed by atoms with Crippen molar-refractivity contribution in [1.29, 1.82) is 0 Å². The van der Waals surface area contributed by atoms with Crippen molar-refractivity contribution in [3.8, 4) is 0 Å². The fourth-order valence-corrected chi connectivity index (χ4v) is 1.84. The van der Waals surface area contributed by atoms with E-state index < -0.39 is 49.3 Å². The highest BCUT2D eigenvalue weighted by molar-refractivity contribution is 6.13. The Morgan fingerprint density at radius 3 is 1.33 bits per heavy atom. The molecule has 2 unspecified atom stereocenters. The van der Waals surface area contributed by atoms with Gasteiger partial charge in [0.15, 0.2) is 12.5 Å². The number of hydrogen-bond donors (Lipinski definition) is 2. The third-order valence-electron chi connectivity index (χ3n) is 2.82. The van der Waals surface area contributed by atoms with Gasteiger partial charge in [-0.1, -0.05) is 0 Å². The smallest absolute Gasteiger partial charge is 0.255 e. The molecule has 0 aromatic heterocycles. The Bertz CT molecular complexity index is 470. The molecule has 2 heterocycles. The minimum Gasteiger partial charge on any atom is -0.372 e. The van der Waals surface area contributed by atoms with Gasteiger partial charge in [-0.2, -0.15) is 0 Å². The number of aliphatic hydroxyl groups excluding tert-OH is 2. The molecule has 4 amide bonds. The Kier molecular flexibility index (Phi) is 4.26. The van der Waals surface area contributed by atoms with Crippen LogP contribution in [-0.2, 0) is 23.9 Å². The molecule has 9 heteroatoms. The first-order chi connectivity index (χ1) is 9.91. The number of amides is 4. The van der Waals surface area contributed by atoms with Crippen LogP contribution in [0.25, 0.3) is 0 Å². The Hall–Kier alpha value is -2.36. The van der Waals surface area contributed by atoms with E-state index in [1.165, 1.54) is 0 Å². The van der Waals surface area contributed by atoms with Gasteiger partial charge in [-0.3, -0.25) is 19.2 Å². The molecule has 0 fully saturated rings. The number of nitrogens with zero attached hydrogens (tertiary/aromatic N) is 2. The molecule has 0 saturated carbocycles. The van der Waals surface area contributed by atoms with E-state index >= 15 is 0 Å². The number of rotatable bonds is 6. The minimum absolute atomic E-state index is 0.458. The number of aliphatic hydroxyl groups is 2. The van der Waals surface area contributed by atoms with Crippen molar-refractivity contribution in [3.63, 3.8) is 0 Å². The van der Waals surface area contributed by atoms with Gasteiger partial charge in [-0.15, -0.1) is 0 Å². The standard InChI is InChI=1S/C12H12N2O7/c15-7-1-2-8(16)13(7)11(19)5-21-6-12(20)14-9(17)3-4-10(14)18/h1-4,11-12,19-20H,5-6H2. The molecule has 0 radical (unpaired) electrons. The number of imide groups is 2. The molecule has 0 aromatic carbocycles. The van der Waals surface area contributed by atoms with Gasteiger partial charge in [0.1, 0.15) is 0 Å². The van der Waals surface area contributed by atoms with Crippen LogP contribution >= 0.6 is 0 Å². The summed E-state index contributed by atoms with van der Waals surface area (Å²) in [5.74, 6) is -2.70. The Morgan fingerprint density at radius 1 is 0.762 bits per heavy atom. The van der Waals surface area contributed by atoms with Crippen LogP contribution in [0.1, 0.15) is 0 Å². The van der Waals surface area contributed by atoms with Crippen LogP contribution < -0.4 is 0 Å². The largest absolute Gasteiger partial charge is 0.372 e. The lowest BCUT2D eigenvalue weighted by Gasteiger charge is -2.24. The van der Waals surface area contributed by atoms with Crippen LogP contribution in [0.3, 0.4) is 0 Å². The van der Waals surface area contributed by atoms with Crippen LogP contribution in [0.15, 0.2) is 24.3 Å². The summed E-state index contributed by atoms with van der Waals surface area (Å²) in [6.45, 7) is -0.917. The van der Waals surface area contributed by atoms with E-state index in [-0.39, 0.29) is 0 Å². The van der Waals surface area contributed by atoms with Crippen molar-refractivity contribution in [2.45, 2.75) is 12.5 Å². The Labute approximate surface area is 118 Å². The maximum atomic E-state index is 11.3. The summed E-state index contributed by atoms with van der Waals surface area (Å²) >= 11 is 0. The molecule has 0 spiro atoms. The van der Waals surface area contributed by atoms with E-state index in [9.17, 15) is 29.4 Å². The minimum atomic E-state index is -1.52. The predicted octanol–water partition coefficient (Wildman–Crippen LogP) is -2.51. The molecular formula is C12H12N2O7. The van der Waals surface area contributed by atoms with Crippen molar-refractivity contribution in [2.24, 2.45) is 0 Å². The molecule has 0 bridgehead atoms. The van der Waals surface area contributed by atoms with E-state index in [1.807, 2.05) is 0 Å². The lowest BCUT2D eigenvalue weighted by Crippen LogP contribution is -2.45. The lowest BCUT2D eigenvalue weighted by molar-refractivity contribution is -0.157. The molecule has 0 saturated heterocycles. The SMILES string of the molecule is O=C1C=CC(=O)N1C(O)COCC(O)N1C(=O)C=CC1=O. The molecule has 2 N–H and O–H groups in total. The topological polar surface area (TPSA) is 124 Å². The highest BCUT2D eigenvalue weighted by Crippen LogP contribution is 2.10. The molecule has 112 valence electrons. The molecule has 0 aromatic rings. The maximum Gasteiger partial charge on any atom is 0.255 e.